The van der Waals surface area contributed by atoms with Crippen molar-refractivity contribution < 1.29 is 14.0 Å². The molecule has 1 N–H and O–H groups in total. The van der Waals surface area contributed by atoms with Gasteiger partial charge in [0.15, 0.2) is 0 Å². The molecule has 1 aliphatic heterocycles. The predicted molar refractivity (Wildman–Crippen MR) is 81.0 cm³/mol. The maximum atomic E-state index is 12.2. The van der Waals surface area contributed by atoms with Crippen molar-refractivity contribution in [2.24, 2.45) is 0 Å². The summed E-state index contributed by atoms with van der Waals surface area (Å²) >= 11 is 0. The second-order valence-electron chi connectivity index (χ2n) is 5.34. The Kier molecular flexibility index (Phi) is 4.23. The number of hydrogen-bond acceptors (Lipinski definition) is 3. The number of fused-ring (bicyclic) bond motifs is 1. The average Bonchev–Trinajstić information content (AvgIpc) is 3.15. The third-order valence-electron chi connectivity index (χ3n) is 3.77. The third-order valence-corrected chi connectivity index (χ3v) is 3.77. The van der Waals surface area contributed by atoms with E-state index in [4.69, 9.17) is 4.42 Å². The maximum absolute atomic E-state index is 12.2. The Labute approximate surface area is 128 Å². The molecule has 0 bridgehead atoms. The zero-order valence-corrected chi connectivity index (χ0v) is 12.2. The quantitative estimate of drug-likeness (QED) is 0.890. The summed E-state index contributed by atoms with van der Waals surface area (Å²) in [6.45, 7) is 1.64. The fraction of sp³-hybridized carbons (Fsp3) is 0.294. The maximum Gasteiger partial charge on any atom is 0.254 e. The van der Waals surface area contributed by atoms with Crippen LogP contribution in [0.3, 0.4) is 0 Å². The van der Waals surface area contributed by atoms with Gasteiger partial charge in [-0.15, -0.1) is 0 Å². The lowest BCUT2D eigenvalue weighted by atomic mass is 10.1. The summed E-state index contributed by atoms with van der Waals surface area (Å²) in [5.41, 5.74) is 1.85. The number of hydrogen-bond donors (Lipinski definition) is 1. The first-order valence-corrected chi connectivity index (χ1v) is 7.40. The molecule has 1 aliphatic rings. The molecule has 0 spiro atoms. The van der Waals surface area contributed by atoms with E-state index in [0.29, 0.717) is 32.5 Å². The second kappa shape index (κ2) is 6.47. The minimum absolute atomic E-state index is 0.0273. The van der Waals surface area contributed by atoms with Gasteiger partial charge in [0, 0.05) is 25.1 Å². The van der Waals surface area contributed by atoms with Gasteiger partial charge in [0.1, 0.15) is 5.76 Å². The molecule has 2 heterocycles. The molecule has 2 aromatic rings. The van der Waals surface area contributed by atoms with Gasteiger partial charge in [-0.1, -0.05) is 18.2 Å². The number of rotatable bonds is 6. The minimum Gasteiger partial charge on any atom is -0.467 e. The van der Waals surface area contributed by atoms with E-state index in [1.165, 1.54) is 0 Å². The highest BCUT2D eigenvalue weighted by atomic mass is 16.3. The molecule has 0 saturated carbocycles. The van der Waals surface area contributed by atoms with Crippen LogP contribution in [0.2, 0.25) is 0 Å². The van der Waals surface area contributed by atoms with Crippen LogP contribution in [0.15, 0.2) is 47.1 Å². The van der Waals surface area contributed by atoms with Gasteiger partial charge in [-0.3, -0.25) is 9.59 Å². The zero-order chi connectivity index (χ0) is 15.4. The first-order valence-electron chi connectivity index (χ1n) is 7.40. The van der Waals surface area contributed by atoms with Gasteiger partial charge >= 0.3 is 0 Å². The summed E-state index contributed by atoms with van der Waals surface area (Å²) in [5.74, 6) is 0.769. The standard InChI is InChI=1S/C17H18N2O3/c20-16(18-11-14-6-4-10-22-14)8-3-9-19-12-13-5-1-2-7-15(13)17(19)21/h1-2,4-7,10H,3,8-9,11-12H2,(H,18,20). The molecule has 2 amide bonds. The average molecular weight is 298 g/mol. The van der Waals surface area contributed by atoms with E-state index in [1.54, 1.807) is 17.2 Å². The van der Waals surface area contributed by atoms with Gasteiger partial charge in [0.2, 0.25) is 5.91 Å². The van der Waals surface area contributed by atoms with Crippen molar-refractivity contribution >= 4 is 11.8 Å². The molecule has 0 saturated heterocycles. The van der Waals surface area contributed by atoms with Gasteiger partial charge < -0.3 is 14.6 Å². The molecular formula is C17H18N2O3. The summed E-state index contributed by atoms with van der Waals surface area (Å²) < 4.78 is 5.15. The van der Waals surface area contributed by atoms with Crippen LogP contribution in [0.5, 0.6) is 0 Å². The predicted octanol–water partition coefficient (Wildman–Crippen LogP) is 2.33. The Balaban J connectivity index is 1.40. The molecule has 0 atom stereocenters. The summed E-state index contributed by atoms with van der Waals surface area (Å²) in [6.07, 6.45) is 2.64. The SMILES string of the molecule is O=C(CCCN1Cc2ccccc2C1=O)NCc1ccco1. The highest BCUT2D eigenvalue weighted by molar-refractivity contribution is 5.98. The molecule has 3 rings (SSSR count). The molecule has 0 radical (unpaired) electrons. The third kappa shape index (κ3) is 3.19. The highest BCUT2D eigenvalue weighted by Crippen LogP contribution is 2.22. The lowest BCUT2D eigenvalue weighted by Gasteiger charge is -2.15. The zero-order valence-electron chi connectivity index (χ0n) is 12.2. The summed E-state index contributed by atoms with van der Waals surface area (Å²) in [7, 11) is 0. The Morgan fingerprint density at radius 3 is 2.86 bits per heavy atom. The number of amides is 2. The molecular weight excluding hydrogens is 280 g/mol. The molecule has 0 unspecified atom stereocenters. The summed E-state index contributed by atoms with van der Waals surface area (Å²) in [4.78, 5) is 25.7. The van der Waals surface area contributed by atoms with E-state index in [1.807, 2.05) is 30.3 Å². The van der Waals surface area contributed by atoms with Crippen LogP contribution in [0.25, 0.3) is 0 Å². The van der Waals surface area contributed by atoms with E-state index in [2.05, 4.69) is 5.32 Å². The first kappa shape index (κ1) is 14.4. The van der Waals surface area contributed by atoms with Crippen LogP contribution < -0.4 is 5.32 Å². The molecule has 1 aromatic heterocycles. The van der Waals surface area contributed by atoms with Crippen LogP contribution in [-0.4, -0.2) is 23.3 Å². The summed E-state index contributed by atoms with van der Waals surface area (Å²) in [6, 6.07) is 11.3. The van der Waals surface area contributed by atoms with Gasteiger partial charge in [-0.25, -0.2) is 0 Å². The fourth-order valence-corrected chi connectivity index (χ4v) is 2.61. The van der Waals surface area contributed by atoms with E-state index in [-0.39, 0.29) is 11.8 Å². The van der Waals surface area contributed by atoms with Crippen molar-refractivity contribution in [3.8, 4) is 0 Å². The van der Waals surface area contributed by atoms with E-state index in [0.717, 1.165) is 16.9 Å². The van der Waals surface area contributed by atoms with Gasteiger partial charge in [0.25, 0.3) is 5.91 Å². The van der Waals surface area contributed by atoms with Crippen molar-refractivity contribution in [3.63, 3.8) is 0 Å². The Hall–Kier alpha value is -2.56. The van der Waals surface area contributed by atoms with Gasteiger partial charge in [0.05, 0.1) is 12.8 Å². The van der Waals surface area contributed by atoms with E-state index >= 15 is 0 Å². The largest absolute Gasteiger partial charge is 0.467 e. The number of nitrogens with one attached hydrogen (secondary N) is 1. The van der Waals surface area contributed by atoms with Crippen molar-refractivity contribution in [2.75, 3.05) is 6.54 Å². The van der Waals surface area contributed by atoms with Crippen LogP contribution in [0, 0.1) is 0 Å². The van der Waals surface area contributed by atoms with Crippen molar-refractivity contribution in [1.82, 2.24) is 10.2 Å². The van der Waals surface area contributed by atoms with Crippen molar-refractivity contribution in [3.05, 3.63) is 59.5 Å². The lowest BCUT2D eigenvalue weighted by Crippen LogP contribution is -2.27. The second-order valence-corrected chi connectivity index (χ2v) is 5.34. The van der Waals surface area contributed by atoms with Crippen LogP contribution in [0.4, 0.5) is 0 Å². The summed E-state index contributed by atoms with van der Waals surface area (Å²) in [5, 5.41) is 2.80. The number of nitrogens with zero attached hydrogens (tertiary/aromatic N) is 1. The van der Waals surface area contributed by atoms with Gasteiger partial charge in [-0.2, -0.15) is 0 Å². The minimum atomic E-state index is -0.0273. The van der Waals surface area contributed by atoms with Crippen LogP contribution >= 0.6 is 0 Å². The Bertz CT molecular complexity index is 664. The van der Waals surface area contributed by atoms with E-state index < -0.39 is 0 Å². The Morgan fingerprint density at radius 1 is 1.23 bits per heavy atom. The number of carbonyl (C=O) groups excluding carboxylic acids is 2. The molecule has 5 nitrogen and oxygen atoms in total. The number of carbonyl (C=O) groups is 2. The molecule has 1 aromatic carbocycles. The van der Waals surface area contributed by atoms with Crippen LogP contribution in [0.1, 0.15) is 34.5 Å². The fourth-order valence-electron chi connectivity index (χ4n) is 2.61. The van der Waals surface area contributed by atoms with Crippen molar-refractivity contribution in [2.45, 2.75) is 25.9 Å². The molecule has 0 fully saturated rings. The Morgan fingerprint density at radius 2 is 2.09 bits per heavy atom. The van der Waals surface area contributed by atoms with Gasteiger partial charge in [-0.05, 0) is 30.2 Å². The normalized spacial score (nSPS) is 13.3. The smallest absolute Gasteiger partial charge is 0.254 e. The monoisotopic (exact) mass is 298 g/mol. The number of benzene rings is 1. The topological polar surface area (TPSA) is 62.6 Å². The molecule has 22 heavy (non-hydrogen) atoms. The lowest BCUT2D eigenvalue weighted by molar-refractivity contribution is -0.121. The molecule has 0 aliphatic carbocycles. The molecule has 5 heteroatoms. The molecule has 114 valence electrons. The first-order chi connectivity index (χ1) is 10.7. The van der Waals surface area contributed by atoms with Crippen LogP contribution in [-0.2, 0) is 17.9 Å². The number of furan rings is 1. The van der Waals surface area contributed by atoms with Crippen molar-refractivity contribution in [1.29, 1.82) is 0 Å². The highest BCUT2D eigenvalue weighted by Gasteiger charge is 2.26. The van der Waals surface area contributed by atoms with E-state index in [9.17, 15) is 9.59 Å².